The number of H-pyrrole nitrogens is 1. The van der Waals surface area contributed by atoms with Crippen LogP contribution in [-0.2, 0) is 6.54 Å². The fraction of sp³-hybridized carbons (Fsp3) is 0.125. The van der Waals surface area contributed by atoms with Crippen LogP contribution >= 0.6 is 0 Å². The highest BCUT2D eigenvalue weighted by atomic mass is 16.3. The van der Waals surface area contributed by atoms with E-state index in [1.807, 2.05) is 0 Å². The van der Waals surface area contributed by atoms with Gasteiger partial charge in [0.2, 0.25) is 5.82 Å². The predicted molar refractivity (Wildman–Crippen MR) is 46.3 cm³/mol. The van der Waals surface area contributed by atoms with Crippen molar-refractivity contribution in [1.29, 1.82) is 0 Å². The Labute approximate surface area is 79.3 Å². The van der Waals surface area contributed by atoms with Crippen LogP contribution in [0.25, 0.3) is 0 Å². The molecule has 0 spiro atoms. The van der Waals surface area contributed by atoms with Gasteiger partial charge in [-0.25, -0.2) is 4.98 Å². The minimum absolute atomic E-state index is 0.191. The van der Waals surface area contributed by atoms with Gasteiger partial charge >= 0.3 is 0 Å². The van der Waals surface area contributed by atoms with Crippen molar-refractivity contribution in [1.82, 2.24) is 20.5 Å². The Kier molecular flexibility index (Phi) is 2.26. The van der Waals surface area contributed by atoms with Crippen molar-refractivity contribution >= 4 is 5.91 Å². The zero-order chi connectivity index (χ0) is 9.80. The smallest absolute Gasteiger partial charge is 0.288 e. The van der Waals surface area contributed by atoms with E-state index in [4.69, 9.17) is 4.42 Å². The minimum atomic E-state index is -0.307. The molecule has 0 aliphatic heterocycles. The Bertz CT molecular complexity index is 393. The van der Waals surface area contributed by atoms with E-state index in [2.05, 4.69) is 20.5 Å². The molecule has 72 valence electrons. The monoisotopic (exact) mass is 192 g/mol. The Morgan fingerprint density at radius 1 is 1.64 bits per heavy atom. The highest BCUT2D eigenvalue weighted by Gasteiger charge is 2.07. The van der Waals surface area contributed by atoms with Crippen molar-refractivity contribution in [3.05, 3.63) is 36.3 Å². The first-order valence-corrected chi connectivity index (χ1v) is 4.02. The lowest BCUT2D eigenvalue weighted by molar-refractivity contribution is 0.0938. The van der Waals surface area contributed by atoms with Crippen LogP contribution in [-0.4, -0.2) is 21.1 Å². The molecule has 6 heteroatoms. The molecule has 2 heterocycles. The SMILES string of the molecule is O=C(NCc1ccco1)c1ncn[nH]1. The average Bonchev–Trinajstić information content (AvgIpc) is 2.87. The molecule has 2 aromatic heterocycles. The fourth-order valence-corrected chi connectivity index (χ4v) is 0.979. The quantitative estimate of drug-likeness (QED) is 0.733. The number of nitrogens with zero attached hydrogens (tertiary/aromatic N) is 2. The molecule has 2 N–H and O–H groups in total. The van der Waals surface area contributed by atoms with Crippen LogP contribution in [0.3, 0.4) is 0 Å². The Morgan fingerprint density at radius 2 is 2.57 bits per heavy atom. The van der Waals surface area contributed by atoms with Crippen molar-refractivity contribution in [2.75, 3.05) is 0 Å². The van der Waals surface area contributed by atoms with Gasteiger partial charge in [0.15, 0.2) is 0 Å². The number of amides is 1. The lowest BCUT2D eigenvalue weighted by Gasteiger charge is -1.98. The van der Waals surface area contributed by atoms with E-state index >= 15 is 0 Å². The Hall–Kier alpha value is -2.11. The molecule has 0 aliphatic carbocycles. The topological polar surface area (TPSA) is 83.8 Å². The number of furan rings is 1. The highest BCUT2D eigenvalue weighted by molar-refractivity contribution is 5.90. The maximum atomic E-state index is 11.3. The van der Waals surface area contributed by atoms with Crippen molar-refractivity contribution < 1.29 is 9.21 Å². The lowest BCUT2D eigenvalue weighted by Crippen LogP contribution is -2.23. The van der Waals surface area contributed by atoms with Crippen LogP contribution < -0.4 is 5.32 Å². The first kappa shape index (κ1) is 8.49. The van der Waals surface area contributed by atoms with E-state index in [-0.39, 0.29) is 11.7 Å². The van der Waals surface area contributed by atoms with E-state index in [0.29, 0.717) is 12.3 Å². The number of carbonyl (C=O) groups excluding carboxylic acids is 1. The standard InChI is InChI=1S/C8H8N4O2/c13-8(7-10-5-11-12-7)9-4-6-2-1-3-14-6/h1-3,5H,4H2,(H,9,13)(H,10,11,12). The summed E-state index contributed by atoms with van der Waals surface area (Å²) >= 11 is 0. The number of carbonyl (C=O) groups is 1. The number of aromatic nitrogens is 3. The number of nitrogens with one attached hydrogen (secondary N) is 2. The summed E-state index contributed by atoms with van der Waals surface area (Å²) in [6.45, 7) is 0.340. The first-order chi connectivity index (χ1) is 6.86. The third-order valence-corrected chi connectivity index (χ3v) is 1.63. The van der Waals surface area contributed by atoms with Crippen molar-refractivity contribution in [3.8, 4) is 0 Å². The third kappa shape index (κ3) is 1.79. The summed E-state index contributed by atoms with van der Waals surface area (Å²) < 4.78 is 5.04. The van der Waals surface area contributed by atoms with E-state index < -0.39 is 0 Å². The lowest BCUT2D eigenvalue weighted by atomic mass is 10.4. The van der Waals surface area contributed by atoms with E-state index in [0.717, 1.165) is 0 Å². The van der Waals surface area contributed by atoms with Crippen LogP contribution in [0.15, 0.2) is 29.1 Å². The molecule has 6 nitrogen and oxygen atoms in total. The molecular weight excluding hydrogens is 184 g/mol. The van der Waals surface area contributed by atoms with Crippen molar-refractivity contribution in [3.63, 3.8) is 0 Å². The maximum absolute atomic E-state index is 11.3. The molecule has 2 rings (SSSR count). The molecule has 1 amide bonds. The predicted octanol–water partition coefficient (Wildman–Crippen LogP) is 0.328. The molecule has 0 aliphatic rings. The average molecular weight is 192 g/mol. The fourth-order valence-electron chi connectivity index (χ4n) is 0.979. The second-order valence-electron chi connectivity index (χ2n) is 2.60. The van der Waals surface area contributed by atoms with Crippen LogP contribution in [0.2, 0.25) is 0 Å². The van der Waals surface area contributed by atoms with Gasteiger partial charge in [0.05, 0.1) is 12.8 Å². The zero-order valence-electron chi connectivity index (χ0n) is 7.23. The number of hydrogen-bond acceptors (Lipinski definition) is 4. The van der Waals surface area contributed by atoms with Crippen LogP contribution in [0, 0.1) is 0 Å². The molecule has 0 unspecified atom stereocenters. The van der Waals surface area contributed by atoms with Gasteiger partial charge in [-0.1, -0.05) is 0 Å². The Balaban J connectivity index is 1.90. The summed E-state index contributed by atoms with van der Waals surface area (Å²) in [6.07, 6.45) is 2.83. The summed E-state index contributed by atoms with van der Waals surface area (Å²) in [5.74, 6) is 0.577. The number of rotatable bonds is 3. The van der Waals surface area contributed by atoms with Gasteiger partial charge in [-0.05, 0) is 12.1 Å². The van der Waals surface area contributed by atoms with Gasteiger partial charge in [0.1, 0.15) is 12.1 Å². The zero-order valence-corrected chi connectivity index (χ0v) is 7.23. The van der Waals surface area contributed by atoms with Crippen LogP contribution in [0.5, 0.6) is 0 Å². The summed E-state index contributed by atoms with van der Waals surface area (Å²) in [7, 11) is 0. The van der Waals surface area contributed by atoms with Gasteiger partial charge < -0.3 is 9.73 Å². The van der Waals surface area contributed by atoms with Gasteiger partial charge in [-0.3, -0.25) is 9.89 Å². The molecule has 14 heavy (non-hydrogen) atoms. The first-order valence-electron chi connectivity index (χ1n) is 4.02. The Morgan fingerprint density at radius 3 is 3.21 bits per heavy atom. The molecule has 0 atom stereocenters. The maximum Gasteiger partial charge on any atom is 0.288 e. The highest BCUT2D eigenvalue weighted by Crippen LogP contribution is 1.98. The number of aromatic amines is 1. The molecule has 0 saturated heterocycles. The second kappa shape index (κ2) is 3.73. The molecule has 0 saturated carbocycles. The molecule has 0 aromatic carbocycles. The second-order valence-corrected chi connectivity index (χ2v) is 2.60. The van der Waals surface area contributed by atoms with E-state index in [1.54, 1.807) is 18.4 Å². The van der Waals surface area contributed by atoms with Crippen molar-refractivity contribution in [2.45, 2.75) is 6.54 Å². The summed E-state index contributed by atoms with van der Waals surface area (Å²) in [5.41, 5.74) is 0. The third-order valence-electron chi connectivity index (χ3n) is 1.63. The summed E-state index contributed by atoms with van der Waals surface area (Å²) in [6, 6.07) is 3.54. The van der Waals surface area contributed by atoms with Crippen molar-refractivity contribution in [2.24, 2.45) is 0 Å². The molecule has 0 radical (unpaired) electrons. The van der Waals surface area contributed by atoms with Gasteiger partial charge in [0.25, 0.3) is 5.91 Å². The van der Waals surface area contributed by atoms with Gasteiger partial charge in [-0.2, -0.15) is 5.10 Å². The molecular formula is C8H8N4O2. The van der Waals surface area contributed by atoms with Gasteiger partial charge in [0, 0.05) is 0 Å². The largest absolute Gasteiger partial charge is 0.467 e. The summed E-state index contributed by atoms with van der Waals surface area (Å²) in [4.78, 5) is 15.0. The van der Waals surface area contributed by atoms with E-state index in [9.17, 15) is 4.79 Å². The minimum Gasteiger partial charge on any atom is -0.467 e. The molecule has 0 bridgehead atoms. The molecule has 0 fully saturated rings. The van der Waals surface area contributed by atoms with Crippen LogP contribution in [0.4, 0.5) is 0 Å². The number of hydrogen-bond donors (Lipinski definition) is 2. The van der Waals surface area contributed by atoms with Crippen LogP contribution in [0.1, 0.15) is 16.4 Å². The molecule has 2 aromatic rings. The van der Waals surface area contributed by atoms with Gasteiger partial charge in [-0.15, -0.1) is 0 Å². The summed E-state index contributed by atoms with van der Waals surface area (Å²) in [5, 5.41) is 8.65. The normalized spacial score (nSPS) is 10.0. The van der Waals surface area contributed by atoms with E-state index in [1.165, 1.54) is 6.33 Å².